The van der Waals surface area contributed by atoms with Gasteiger partial charge >= 0.3 is 0 Å². The van der Waals surface area contributed by atoms with E-state index in [0.717, 1.165) is 24.2 Å². The maximum atomic E-state index is 14.0. The van der Waals surface area contributed by atoms with Gasteiger partial charge in [0.15, 0.2) is 0 Å². The average Bonchev–Trinajstić information content (AvgIpc) is 2.47. The number of nitrogens with two attached hydrogens (primary N) is 1. The molecule has 0 aliphatic rings. The van der Waals surface area contributed by atoms with Crippen molar-refractivity contribution in [1.29, 1.82) is 0 Å². The molecule has 0 radical (unpaired) electrons. The van der Waals surface area contributed by atoms with Crippen molar-refractivity contribution in [2.45, 2.75) is 36.5 Å². The van der Waals surface area contributed by atoms with Gasteiger partial charge in [0.25, 0.3) is 0 Å². The molecule has 0 saturated carbocycles. The van der Waals surface area contributed by atoms with Gasteiger partial charge in [0.05, 0.1) is 0 Å². The number of hydrogen-bond donors (Lipinski definition) is 1. The Morgan fingerprint density at radius 1 is 1.10 bits per heavy atom. The molecule has 1 unspecified atom stereocenters. The lowest BCUT2D eigenvalue weighted by Crippen LogP contribution is -2.21. The molecule has 0 bridgehead atoms. The van der Waals surface area contributed by atoms with Crippen LogP contribution < -0.4 is 5.73 Å². The van der Waals surface area contributed by atoms with Crippen molar-refractivity contribution < 1.29 is 4.39 Å². The van der Waals surface area contributed by atoms with Crippen molar-refractivity contribution in [3.63, 3.8) is 0 Å². The van der Waals surface area contributed by atoms with E-state index in [4.69, 9.17) is 5.73 Å². The molecule has 2 rings (SSSR count). The molecule has 0 amide bonds. The lowest BCUT2D eigenvalue weighted by atomic mass is 10.0. The highest BCUT2D eigenvalue weighted by atomic mass is 32.2. The molecule has 3 heteroatoms. The van der Waals surface area contributed by atoms with Gasteiger partial charge in [0, 0.05) is 16.7 Å². The zero-order valence-electron chi connectivity index (χ0n) is 11.7. The Morgan fingerprint density at radius 3 is 2.50 bits per heavy atom. The van der Waals surface area contributed by atoms with Crippen LogP contribution in [0.3, 0.4) is 0 Å². The van der Waals surface area contributed by atoms with Gasteiger partial charge in [-0.25, -0.2) is 4.39 Å². The molecule has 1 atom stereocenters. The van der Waals surface area contributed by atoms with Crippen molar-refractivity contribution in [3.8, 4) is 0 Å². The van der Waals surface area contributed by atoms with Gasteiger partial charge in [-0.2, -0.15) is 0 Å². The summed E-state index contributed by atoms with van der Waals surface area (Å²) in [6, 6.07) is 15.7. The minimum Gasteiger partial charge on any atom is -0.327 e. The zero-order chi connectivity index (χ0) is 14.4. The second-order valence-electron chi connectivity index (χ2n) is 4.91. The van der Waals surface area contributed by atoms with Crippen LogP contribution in [0.25, 0.3) is 0 Å². The number of thioether (sulfide) groups is 1. The minimum atomic E-state index is -0.147. The van der Waals surface area contributed by atoms with Crippen LogP contribution in [0, 0.1) is 5.82 Å². The van der Waals surface area contributed by atoms with Gasteiger partial charge in [0.1, 0.15) is 5.82 Å². The highest BCUT2D eigenvalue weighted by Gasteiger charge is 2.07. The Balaban J connectivity index is 1.99. The summed E-state index contributed by atoms with van der Waals surface area (Å²) in [4.78, 5) is 0.697. The molecule has 0 spiro atoms. The van der Waals surface area contributed by atoms with Crippen molar-refractivity contribution >= 4 is 11.8 Å². The Morgan fingerprint density at radius 2 is 1.85 bits per heavy atom. The van der Waals surface area contributed by atoms with Crippen LogP contribution in [0.5, 0.6) is 0 Å². The molecule has 0 aliphatic heterocycles. The normalized spacial score (nSPS) is 12.3. The van der Waals surface area contributed by atoms with Crippen LogP contribution in [-0.4, -0.2) is 6.04 Å². The minimum absolute atomic E-state index is 0.109. The van der Waals surface area contributed by atoms with E-state index in [1.54, 1.807) is 6.07 Å². The highest BCUT2D eigenvalue weighted by Crippen LogP contribution is 2.26. The third-order valence-corrected chi connectivity index (χ3v) is 4.38. The SMILES string of the molecule is CCC(N)Cc1ccc(SCc2ccccc2)c(F)c1. The smallest absolute Gasteiger partial charge is 0.137 e. The molecule has 2 aromatic carbocycles. The summed E-state index contributed by atoms with van der Waals surface area (Å²) < 4.78 is 14.0. The van der Waals surface area contributed by atoms with E-state index >= 15 is 0 Å². The summed E-state index contributed by atoms with van der Waals surface area (Å²) in [5.41, 5.74) is 8.08. The number of halogens is 1. The fraction of sp³-hybridized carbons (Fsp3) is 0.294. The Labute approximate surface area is 124 Å². The molecule has 2 aromatic rings. The molecule has 1 nitrogen and oxygen atoms in total. The van der Waals surface area contributed by atoms with Crippen molar-refractivity contribution in [2.75, 3.05) is 0 Å². The van der Waals surface area contributed by atoms with Crippen molar-refractivity contribution in [2.24, 2.45) is 5.73 Å². The zero-order valence-corrected chi connectivity index (χ0v) is 12.5. The van der Waals surface area contributed by atoms with Gasteiger partial charge < -0.3 is 5.73 Å². The van der Waals surface area contributed by atoms with E-state index in [0.29, 0.717) is 4.90 Å². The molecule has 20 heavy (non-hydrogen) atoms. The Kier molecular flexibility index (Phi) is 5.62. The first kappa shape index (κ1) is 15.1. The summed E-state index contributed by atoms with van der Waals surface area (Å²) in [6.07, 6.45) is 1.64. The predicted octanol–water partition coefficient (Wildman–Crippen LogP) is 4.40. The van der Waals surface area contributed by atoms with E-state index < -0.39 is 0 Å². The van der Waals surface area contributed by atoms with Crippen LogP contribution in [0.1, 0.15) is 24.5 Å². The Hall–Kier alpha value is -1.32. The number of benzene rings is 2. The first-order valence-corrected chi connectivity index (χ1v) is 7.88. The third-order valence-electron chi connectivity index (χ3n) is 3.26. The van der Waals surface area contributed by atoms with Crippen molar-refractivity contribution in [3.05, 3.63) is 65.5 Å². The fourth-order valence-corrected chi connectivity index (χ4v) is 2.85. The molecule has 106 valence electrons. The molecule has 0 aliphatic carbocycles. The van der Waals surface area contributed by atoms with Crippen LogP contribution in [0.2, 0.25) is 0 Å². The van der Waals surface area contributed by atoms with Gasteiger partial charge in [0.2, 0.25) is 0 Å². The summed E-state index contributed by atoms with van der Waals surface area (Å²) >= 11 is 1.53. The lowest BCUT2D eigenvalue weighted by molar-refractivity contribution is 0.593. The van der Waals surface area contributed by atoms with Crippen LogP contribution in [-0.2, 0) is 12.2 Å². The maximum absolute atomic E-state index is 14.0. The standard InChI is InChI=1S/C17H20FNS/c1-2-15(19)10-14-8-9-17(16(18)11-14)20-12-13-6-4-3-5-7-13/h3-9,11,15H,2,10,12,19H2,1H3. The van der Waals surface area contributed by atoms with E-state index in [1.807, 2.05) is 37.3 Å². The van der Waals surface area contributed by atoms with E-state index in [2.05, 4.69) is 12.1 Å². The van der Waals surface area contributed by atoms with Crippen molar-refractivity contribution in [1.82, 2.24) is 0 Å². The van der Waals surface area contributed by atoms with Gasteiger partial charge in [-0.3, -0.25) is 0 Å². The summed E-state index contributed by atoms with van der Waals surface area (Å²) in [6.45, 7) is 2.05. The molecule has 0 aromatic heterocycles. The first-order chi connectivity index (χ1) is 9.69. The molecular weight excluding hydrogens is 269 g/mol. The Bertz CT molecular complexity index is 542. The van der Waals surface area contributed by atoms with E-state index in [1.165, 1.54) is 17.3 Å². The molecular formula is C17H20FNS. The fourth-order valence-electron chi connectivity index (χ4n) is 1.97. The molecule has 0 heterocycles. The third kappa shape index (κ3) is 4.36. The molecule has 0 fully saturated rings. The monoisotopic (exact) mass is 289 g/mol. The summed E-state index contributed by atoms with van der Waals surface area (Å²) in [5.74, 6) is 0.637. The van der Waals surface area contributed by atoms with Gasteiger partial charge in [-0.05, 0) is 36.1 Å². The molecule has 0 saturated heterocycles. The second-order valence-corrected chi connectivity index (χ2v) is 5.93. The summed E-state index contributed by atoms with van der Waals surface area (Å²) in [7, 11) is 0. The van der Waals surface area contributed by atoms with Gasteiger partial charge in [-0.15, -0.1) is 11.8 Å². The van der Waals surface area contributed by atoms with Crippen LogP contribution in [0.4, 0.5) is 4.39 Å². The lowest BCUT2D eigenvalue weighted by Gasteiger charge is -2.10. The van der Waals surface area contributed by atoms with Crippen LogP contribution >= 0.6 is 11.8 Å². The highest BCUT2D eigenvalue weighted by molar-refractivity contribution is 7.98. The number of hydrogen-bond acceptors (Lipinski definition) is 2. The number of rotatable bonds is 6. The summed E-state index contributed by atoms with van der Waals surface area (Å²) in [5, 5.41) is 0. The van der Waals surface area contributed by atoms with E-state index in [-0.39, 0.29) is 11.9 Å². The largest absolute Gasteiger partial charge is 0.327 e. The average molecular weight is 289 g/mol. The maximum Gasteiger partial charge on any atom is 0.137 e. The van der Waals surface area contributed by atoms with Crippen LogP contribution in [0.15, 0.2) is 53.4 Å². The quantitative estimate of drug-likeness (QED) is 0.798. The predicted molar refractivity (Wildman–Crippen MR) is 84.4 cm³/mol. The van der Waals surface area contributed by atoms with E-state index in [9.17, 15) is 4.39 Å². The van der Waals surface area contributed by atoms with Gasteiger partial charge in [-0.1, -0.05) is 43.3 Å². The topological polar surface area (TPSA) is 26.0 Å². The first-order valence-electron chi connectivity index (χ1n) is 6.89. The molecule has 2 N–H and O–H groups in total. The second kappa shape index (κ2) is 7.46.